The molecule has 0 unspecified atom stereocenters. The number of nitrogens with zero attached hydrogens (tertiary/aromatic N) is 1. The lowest BCUT2D eigenvalue weighted by molar-refractivity contribution is -0.0382. The van der Waals surface area contributed by atoms with Crippen molar-refractivity contribution in [3.63, 3.8) is 0 Å². The Morgan fingerprint density at radius 1 is 1.17 bits per heavy atom. The van der Waals surface area contributed by atoms with Gasteiger partial charge in [0.15, 0.2) is 11.6 Å². The number of aromatic nitrogens is 1. The Hall–Kier alpha value is -2.74. The number of hydrogen-bond acceptors (Lipinski definition) is 6. The van der Waals surface area contributed by atoms with Gasteiger partial charge in [-0.25, -0.2) is 9.18 Å². The molecular weight excluding hydrogens is 384 g/mol. The molecule has 0 amide bonds. The molecule has 1 aromatic carbocycles. The average Bonchev–Trinajstić information content (AvgIpc) is 2.71. The van der Waals surface area contributed by atoms with Gasteiger partial charge in [-0.1, -0.05) is 6.92 Å². The van der Waals surface area contributed by atoms with E-state index in [0.29, 0.717) is 17.9 Å². The van der Waals surface area contributed by atoms with Crippen molar-refractivity contribution in [1.29, 1.82) is 0 Å². The molecule has 1 aliphatic carbocycles. The fraction of sp³-hybridized carbons (Fsp3) is 0.429. The van der Waals surface area contributed by atoms with Crippen molar-refractivity contribution < 1.29 is 32.5 Å². The van der Waals surface area contributed by atoms with Crippen LogP contribution in [0.5, 0.6) is 11.5 Å². The lowest BCUT2D eigenvalue weighted by Crippen LogP contribution is -2.38. The molecule has 3 rings (SSSR count). The Morgan fingerprint density at radius 3 is 2.59 bits per heavy atom. The molecule has 0 saturated heterocycles. The second-order valence-electron chi connectivity index (χ2n) is 6.73. The molecule has 0 N–H and O–H groups in total. The van der Waals surface area contributed by atoms with Crippen molar-refractivity contribution in [3.8, 4) is 11.5 Å². The lowest BCUT2D eigenvalue weighted by Gasteiger charge is -2.34. The van der Waals surface area contributed by atoms with Gasteiger partial charge in [0.25, 0.3) is 0 Å². The van der Waals surface area contributed by atoms with E-state index in [1.54, 1.807) is 25.4 Å². The molecule has 2 aromatic rings. The zero-order chi connectivity index (χ0) is 21.0. The first-order valence-electron chi connectivity index (χ1n) is 9.35. The predicted octanol–water partition coefficient (Wildman–Crippen LogP) is 4.23. The number of halogens is 2. The van der Waals surface area contributed by atoms with E-state index in [-0.39, 0.29) is 18.0 Å². The van der Waals surface area contributed by atoms with Crippen LogP contribution in [0.4, 0.5) is 8.78 Å². The van der Waals surface area contributed by atoms with Gasteiger partial charge in [-0.3, -0.25) is 4.98 Å². The molecule has 1 aromatic heterocycles. The lowest BCUT2D eigenvalue weighted by atomic mass is 9.92. The molecule has 1 atom stereocenters. The van der Waals surface area contributed by atoms with Gasteiger partial charge >= 0.3 is 5.97 Å². The molecule has 29 heavy (non-hydrogen) atoms. The van der Waals surface area contributed by atoms with E-state index in [1.807, 2.05) is 6.92 Å². The number of ether oxygens (including phenoxy) is 4. The van der Waals surface area contributed by atoms with E-state index in [4.69, 9.17) is 14.2 Å². The van der Waals surface area contributed by atoms with Crippen LogP contribution in [0.2, 0.25) is 0 Å². The smallest absolute Gasteiger partial charge is 0.340 e. The third kappa shape index (κ3) is 4.64. The maximum absolute atomic E-state index is 14.4. The maximum atomic E-state index is 14.4. The number of benzene rings is 1. The molecule has 1 fully saturated rings. The van der Waals surface area contributed by atoms with Gasteiger partial charge in [-0.15, -0.1) is 0 Å². The maximum Gasteiger partial charge on any atom is 0.340 e. The van der Waals surface area contributed by atoms with Crippen LogP contribution in [0.1, 0.15) is 48.3 Å². The van der Waals surface area contributed by atoms with Crippen LogP contribution in [-0.4, -0.2) is 37.4 Å². The minimum absolute atomic E-state index is 0.0774. The fourth-order valence-electron chi connectivity index (χ4n) is 3.07. The van der Waals surface area contributed by atoms with Crippen LogP contribution in [0.15, 0.2) is 30.5 Å². The largest absolute Gasteiger partial charge is 0.490 e. The standard InChI is InChI=1S/C21H23F2NO5/c1-4-17(29-18-6-5-15(21(25)27-3)19(22)20(18)23)16-11-12(7-8-24-16)28-14-9-13(10-14)26-2/h5-8,11,13-14,17H,4,9-10H2,1-3H3/t13-,14-,17-/m1/s1. The monoisotopic (exact) mass is 407 g/mol. The highest BCUT2D eigenvalue weighted by atomic mass is 19.2. The third-order valence-corrected chi connectivity index (χ3v) is 4.86. The van der Waals surface area contributed by atoms with Crippen molar-refractivity contribution >= 4 is 5.97 Å². The van der Waals surface area contributed by atoms with Crippen LogP contribution in [0.25, 0.3) is 0 Å². The number of hydrogen-bond donors (Lipinski definition) is 0. The first kappa shape index (κ1) is 21.0. The molecular formula is C21H23F2NO5. The van der Waals surface area contributed by atoms with Crippen molar-refractivity contribution in [2.75, 3.05) is 14.2 Å². The van der Waals surface area contributed by atoms with E-state index in [2.05, 4.69) is 9.72 Å². The molecule has 6 nitrogen and oxygen atoms in total. The molecule has 0 aliphatic heterocycles. The van der Waals surface area contributed by atoms with Crippen molar-refractivity contribution in [2.45, 2.75) is 44.5 Å². The number of carbonyl (C=O) groups excluding carboxylic acids is 1. The van der Waals surface area contributed by atoms with Gasteiger partial charge in [-0.05, 0) is 24.6 Å². The number of rotatable bonds is 8. The number of methoxy groups -OCH3 is 2. The van der Waals surface area contributed by atoms with Crippen LogP contribution < -0.4 is 9.47 Å². The van der Waals surface area contributed by atoms with Gasteiger partial charge in [0.2, 0.25) is 5.82 Å². The summed E-state index contributed by atoms with van der Waals surface area (Å²) in [5, 5.41) is 0. The van der Waals surface area contributed by atoms with E-state index in [1.165, 1.54) is 6.07 Å². The summed E-state index contributed by atoms with van der Waals surface area (Å²) in [7, 11) is 2.77. The van der Waals surface area contributed by atoms with E-state index in [9.17, 15) is 13.6 Å². The average molecular weight is 407 g/mol. The van der Waals surface area contributed by atoms with Crippen molar-refractivity contribution in [1.82, 2.24) is 4.98 Å². The summed E-state index contributed by atoms with van der Waals surface area (Å²) < 4.78 is 49.8. The Balaban J connectivity index is 1.74. The van der Waals surface area contributed by atoms with Crippen LogP contribution in [0.3, 0.4) is 0 Å². The highest BCUT2D eigenvalue weighted by Crippen LogP contribution is 2.32. The predicted molar refractivity (Wildman–Crippen MR) is 100 cm³/mol. The molecule has 0 spiro atoms. The normalized spacial score (nSPS) is 19.2. The van der Waals surface area contributed by atoms with Gasteiger partial charge in [0.1, 0.15) is 18.0 Å². The van der Waals surface area contributed by atoms with E-state index >= 15 is 0 Å². The Kier molecular flexibility index (Phi) is 6.64. The summed E-state index contributed by atoms with van der Waals surface area (Å²) in [5.41, 5.74) is 0.0400. The second kappa shape index (κ2) is 9.17. The van der Waals surface area contributed by atoms with Crippen LogP contribution in [-0.2, 0) is 9.47 Å². The van der Waals surface area contributed by atoms with Gasteiger partial charge in [-0.2, -0.15) is 4.39 Å². The highest BCUT2D eigenvalue weighted by Gasteiger charge is 2.31. The summed E-state index contributed by atoms with van der Waals surface area (Å²) >= 11 is 0. The molecule has 1 saturated carbocycles. The molecule has 0 radical (unpaired) electrons. The van der Waals surface area contributed by atoms with Crippen LogP contribution >= 0.6 is 0 Å². The topological polar surface area (TPSA) is 66.9 Å². The van der Waals surface area contributed by atoms with Gasteiger partial charge in [0, 0.05) is 32.2 Å². The molecule has 0 bridgehead atoms. The third-order valence-electron chi connectivity index (χ3n) is 4.86. The quantitative estimate of drug-likeness (QED) is 0.610. The summed E-state index contributed by atoms with van der Waals surface area (Å²) in [4.78, 5) is 15.8. The number of pyridine rings is 1. The first-order valence-corrected chi connectivity index (χ1v) is 9.35. The molecule has 156 valence electrons. The molecule has 1 aliphatic rings. The minimum Gasteiger partial charge on any atom is -0.490 e. The Morgan fingerprint density at radius 2 is 1.93 bits per heavy atom. The summed E-state index contributed by atoms with van der Waals surface area (Å²) in [6.07, 6.45) is 3.36. The van der Waals surface area contributed by atoms with E-state index < -0.39 is 29.3 Å². The van der Waals surface area contributed by atoms with Crippen molar-refractivity contribution in [2.24, 2.45) is 0 Å². The SMILES string of the molecule is CC[C@@H](Oc1ccc(C(=O)OC)c(F)c1F)c1cc(O[C@H]2C[C@H](OC)C2)ccn1. The first-order chi connectivity index (χ1) is 14.0. The van der Waals surface area contributed by atoms with Crippen LogP contribution in [0, 0.1) is 11.6 Å². The summed E-state index contributed by atoms with van der Waals surface area (Å²) in [5.74, 6) is -3.20. The molecule has 1 heterocycles. The second-order valence-corrected chi connectivity index (χ2v) is 6.73. The zero-order valence-corrected chi connectivity index (χ0v) is 16.5. The molecule has 8 heteroatoms. The number of carbonyl (C=O) groups is 1. The van der Waals surface area contributed by atoms with E-state index in [0.717, 1.165) is 26.0 Å². The fourth-order valence-corrected chi connectivity index (χ4v) is 3.07. The highest BCUT2D eigenvalue weighted by molar-refractivity contribution is 5.89. The zero-order valence-electron chi connectivity index (χ0n) is 16.5. The van der Waals surface area contributed by atoms with Gasteiger partial charge in [0.05, 0.1) is 24.5 Å². The van der Waals surface area contributed by atoms with Crippen molar-refractivity contribution in [3.05, 3.63) is 53.4 Å². The van der Waals surface area contributed by atoms with Gasteiger partial charge < -0.3 is 18.9 Å². The minimum atomic E-state index is -1.31. The summed E-state index contributed by atoms with van der Waals surface area (Å²) in [6, 6.07) is 5.79. The Bertz CT molecular complexity index is 870. The number of esters is 1. The summed E-state index contributed by atoms with van der Waals surface area (Å²) in [6.45, 7) is 1.84. The Labute approximate surface area is 167 Å².